The molecule has 3 heteroatoms. The molecular weight excluding hydrogens is 340 g/mol. The van der Waals surface area contributed by atoms with Crippen LogP contribution in [0.4, 0.5) is 0 Å². The second-order valence-electron chi connectivity index (χ2n) is 7.99. The summed E-state index contributed by atoms with van der Waals surface area (Å²) in [6, 6.07) is 9.12. The van der Waals surface area contributed by atoms with Gasteiger partial charge in [0, 0.05) is 11.2 Å². The summed E-state index contributed by atoms with van der Waals surface area (Å²) in [7, 11) is 2.13. The van der Waals surface area contributed by atoms with E-state index >= 15 is 0 Å². The minimum Gasteiger partial charge on any atom is -0.240 e. The number of benzene rings is 1. The fourth-order valence-corrected chi connectivity index (χ4v) is 8.32. The summed E-state index contributed by atoms with van der Waals surface area (Å²) in [5, 5.41) is 1.52. The number of rotatable bonds is 2. The Morgan fingerprint density at radius 2 is 1.68 bits per heavy atom. The summed E-state index contributed by atoms with van der Waals surface area (Å²) >= 11 is 0. The summed E-state index contributed by atoms with van der Waals surface area (Å²) in [6.45, 7) is 2.17. The van der Waals surface area contributed by atoms with Crippen LogP contribution in [-0.4, -0.2) is 4.75 Å². The first-order chi connectivity index (χ1) is 12.3. The van der Waals surface area contributed by atoms with E-state index in [1.807, 2.05) is 0 Å². The molecule has 0 N–H and O–H groups in total. The van der Waals surface area contributed by atoms with Crippen molar-refractivity contribution in [3.8, 4) is 10.9 Å². The van der Waals surface area contributed by atoms with Crippen molar-refractivity contribution < 1.29 is 0 Å². The van der Waals surface area contributed by atoms with E-state index in [2.05, 4.69) is 55.5 Å². The maximum absolute atomic E-state index is 5.12. The van der Waals surface area contributed by atoms with E-state index < -0.39 is 0 Å². The highest BCUT2D eigenvalue weighted by Crippen LogP contribution is 2.60. The number of aromatic nitrogens is 1. The molecule has 0 bridgehead atoms. The molecule has 1 nitrogen and oxygen atoms in total. The Balaban J connectivity index is 1.58. The Labute approximate surface area is 153 Å². The van der Waals surface area contributed by atoms with E-state index in [-0.39, 0.29) is 0 Å². The smallest absolute Gasteiger partial charge is 0.0613 e. The molecule has 5 rings (SSSR count). The van der Waals surface area contributed by atoms with Crippen molar-refractivity contribution in [2.45, 2.75) is 38.5 Å². The molecule has 128 valence electrons. The highest BCUT2D eigenvalue weighted by molar-refractivity contribution is 7.90. The third-order valence-corrected chi connectivity index (χ3v) is 9.11. The normalized spacial score (nSPS) is 33.9. The molecule has 6 unspecified atom stereocenters. The van der Waals surface area contributed by atoms with Crippen molar-refractivity contribution >= 4 is 15.9 Å². The molecule has 0 amide bonds. The topological polar surface area (TPSA) is 12.9 Å². The number of aryl methyl sites for hydroxylation is 1. The van der Waals surface area contributed by atoms with Gasteiger partial charge in [0.15, 0.2) is 0 Å². The molecule has 3 aliphatic rings. The van der Waals surface area contributed by atoms with Crippen molar-refractivity contribution in [2.24, 2.45) is 23.7 Å². The van der Waals surface area contributed by atoms with Gasteiger partial charge in [-0.15, -0.1) is 0 Å². The first kappa shape index (κ1) is 16.0. The SMILES string of the molecule is Cc1ccc(-c2p[pH]nc2C2C3C=CC=CC3C3CCCCC32)cc1. The lowest BCUT2D eigenvalue weighted by Crippen LogP contribution is -2.21. The van der Waals surface area contributed by atoms with Crippen LogP contribution >= 0.6 is 15.9 Å². The fraction of sp³-hybridized carbons (Fsp3) is 0.455. The monoisotopic (exact) mass is 365 g/mol. The zero-order chi connectivity index (χ0) is 16.8. The molecule has 2 saturated carbocycles. The van der Waals surface area contributed by atoms with Gasteiger partial charge >= 0.3 is 0 Å². The summed E-state index contributed by atoms with van der Waals surface area (Å²) < 4.78 is 5.12. The Morgan fingerprint density at radius 3 is 2.48 bits per heavy atom. The zero-order valence-electron chi connectivity index (χ0n) is 14.7. The van der Waals surface area contributed by atoms with Gasteiger partial charge in [-0.2, -0.15) is 0 Å². The molecule has 2 fully saturated rings. The van der Waals surface area contributed by atoms with Crippen LogP contribution in [0.25, 0.3) is 10.9 Å². The van der Waals surface area contributed by atoms with E-state index in [1.54, 1.807) is 0 Å². The highest BCUT2D eigenvalue weighted by atomic mass is 31.8. The molecule has 2 aromatic rings. The van der Waals surface area contributed by atoms with Gasteiger partial charge in [-0.05, 0) is 64.9 Å². The number of hydrogen-bond donors (Lipinski definition) is 0. The van der Waals surface area contributed by atoms with Gasteiger partial charge in [0.05, 0.1) is 5.69 Å². The average Bonchev–Trinajstić information content (AvgIpc) is 3.24. The first-order valence-electron chi connectivity index (χ1n) is 9.65. The molecule has 0 aliphatic heterocycles. The Bertz CT molecular complexity index is 817. The van der Waals surface area contributed by atoms with Crippen molar-refractivity contribution in [1.82, 2.24) is 4.75 Å². The number of hydrogen-bond acceptors (Lipinski definition) is 1. The van der Waals surface area contributed by atoms with Crippen LogP contribution in [0.15, 0.2) is 48.6 Å². The molecule has 3 aliphatic carbocycles. The third-order valence-electron chi connectivity index (χ3n) is 6.68. The van der Waals surface area contributed by atoms with E-state index in [0.29, 0.717) is 19.9 Å². The van der Waals surface area contributed by atoms with Crippen LogP contribution in [0.5, 0.6) is 0 Å². The standard InChI is InChI=1S/C22H25NP2/c1-14-10-12-15(13-11-14)22-21(23-25-24-22)20-18-8-4-2-6-16(18)17-7-3-5-9-19(17)20/h2,4,6,8,10-13,16-20,25H,3,5,7,9H2,1H3. The van der Waals surface area contributed by atoms with Gasteiger partial charge in [0.25, 0.3) is 0 Å². The predicted molar refractivity (Wildman–Crippen MR) is 110 cm³/mol. The molecule has 25 heavy (non-hydrogen) atoms. The molecule has 1 aromatic heterocycles. The summed E-state index contributed by atoms with van der Waals surface area (Å²) in [5.74, 6) is 3.80. The van der Waals surface area contributed by atoms with Crippen molar-refractivity contribution in [3.05, 3.63) is 59.8 Å². The largest absolute Gasteiger partial charge is 0.240 e. The minimum atomic E-state index is 0.648. The third kappa shape index (κ3) is 2.68. The molecule has 0 spiro atoms. The predicted octanol–water partition coefficient (Wildman–Crippen LogP) is 6.93. The van der Waals surface area contributed by atoms with Gasteiger partial charge in [-0.3, -0.25) is 0 Å². The van der Waals surface area contributed by atoms with Gasteiger partial charge in [-0.25, -0.2) is 4.75 Å². The number of nitrogens with zero attached hydrogens (tertiary/aromatic N) is 1. The molecule has 0 saturated heterocycles. The van der Waals surface area contributed by atoms with Gasteiger partial charge in [-0.1, -0.05) is 67.0 Å². The van der Waals surface area contributed by atoms with Crippen LogP contribution in [0.2, 0.25) is 0 Å². The van der Waals surface area contributed by atoms with Crippen LogP contribution in [0, 0.1) is 30.6 Å². The molecular formula is C22H25NP2. The quantitative estimate of drug-likeness (QED) is 0.562. The van der Waals surface area contributed by atoms with E-state index in [1.165, 1.54) is 55.7 Å². The van der Waals surface area contributed by atoms with Crippen molar-refractivity contribution in [2.75, 3.05) is 0 Å². The average molecular weight is 365 g/mol. The highest BCUT2D eigenvalue weighted by Gasteiger charge is 2.50. The zero-order valence-corrected chi connectivity index (χ0v) is 16.6. The second-order valence-corrected chi connectivity index (χ2v) is 10.4. The van der Waals surface area contributed by atoms with E-state index in [4.69, 9.17) is 4.75 Å². The molecule has 1 heterocycles. The van der Waals surface area contributed by atoms with Crippen LogP contribution < -0.4 is 0 Å². The fourth-order valence-electron chi connectivity index (χ4n) is 5.61. The minimum absolute atomic E-state index is 0.648. The first-order valence-corrected chi connectivity index (χ1v) is 12.3. The van der Waals surface area contributed by atoms with Gasteiger partial charge < -0.3 is 0 Å². The Hall–Kier alpha value is -1.16. The summed E-state index contributed by atoms with van der Waals surface area (Å²) in [4.78, 5) is 0. The summed E-state index contributed by atoms with van der Waals surface area (Å²) in [5.41, 5.74) is 4.21. The van der Waals surface area contributed by atoms with Crippen molar-refractivity contribution in [3.63, 3.8) is 0 Å². The lowest BCUT2D eigenvalue weighted by molar-refractivity contribution is 0.237. The number of allylic oxidation sites excluding steroid dienone is 4. The van der Waals surface area contributed by atoms with Gasteiger partial charge in [0.2, 0.25) is 0 Å². The summed E-state index contributed by atoms with van der Waals surface area (Å²) in [6.07, 6.45) is 15.3. The van der Waals surface area contributed by atoms with Crippen LogP contribution in [0.1, 0.15) is 42.9 Å². The maximum atomic E-state index is 5.12. The van der Waals surface area contributed by atoms with E-state index in [0.717, 1.165) is 17.8 Å². The Kier molecular flexibility index (Phi) is 4.19. The maximum Gasteiger partial charge on any atom is 0.0613 e. The van der Waals surface area contributed by atoms with Crippen LogP contribution in [0.3, 0.4) is 0 Å². The van der Waals surface area contributed by atoms with Crippen LogP contribution in [-0.2, 0) is 0 Å². The van der Waals surface area contributed by atoms with Gasteiger partial charge in [0.1, 0.15) is 0 Å². The second kappa shape index (κ2) is 6.53. The lowest BCUT2D eigenvalue weighted by Gasteiger charge is -2.30. The lowest BCUT2D eigenvalue weighted by atomic mass is 9.75. The van der Waals surface area contributed by atoms with Crippen molar-refractivity contribution in [1.29, 1.82) is 0 Å². The Morgan fingerprint density at radius 1 is 0.960 bits per heavy atom. The molecule has 0 radical (unpaired) electrons. The molecule has 6 atom stereocenters. The van der Waals surface area contributed by atoms with E-state index in [9.17, 15) is 0 Å². The number of fused-ring (bicyclic) bond motifs is 3. The molecule has 1 aromatic carbocycles.